The summed E-state index contributed by atoms with van der Waals surface area (Å²) in [7, 11) is 1.62. The Bertz CT molecular complexity index is 1570. The first kappa shape index (κ1) is 46.6. The van der Waals surface area contributed by atoms with E-state index in [1.54, 1.807) is 13.1 Å². The van der Waals surface area contributed by atoms with E-state index in [0.29, 0.717) is 11.4 Å². The Hall–Kier alpha value is -3.48. The topological polar surface area (TPSA) is 81.7 Å². The average Bonchev–Trinajstić information content (AvgIpc) is 3.09. The second-order valence-corrected chi connectivity index (χ2v) is 10.0. The molecule has 0 spiro atoms. The number of aryl methyl sites for hydroxylation is 2. The minimum Gasteiger partial charge on any atom is -0.505 e. The van der Waals surface area contributed by atoms with E-state index in [1.807, 2.05) is 78.8 Å². The van der Waals surface area contributed by atoms with E-state index in [2.05, 4.69) is 108 Å². The number of phenols is 1. The van der Waals surface area contributed by atoms with Gasteiger partial charge in [-0.3, -0.25) is 0 Å². The minimum absolute atomic E-state index is 0. The summed E-state index contributed by atoms with van der Waals surface area (Å²) in [5.41, 5.74) is 4.52. The van der Waals surface area contributed by atoms with Crippen molar-refractivity contribution in [3.63, 3.8) is 0 Å². The molecule has 0 unspecified atom stereocenters. The van der Waals surface area contributed by atoms with Crippen molar-refractivity contribution in [2.45, 2.75) is 89.0 Å². The molecule has 0 fully saturated rings. The van der Waals surface area contributed by atoms with Crippen molar-refractivity contribution in [3.05, 3.63) is 102 Å². The molecular weight excluding hydrogens is 667 g/mol. The van der Waals surface area contributed by atoms with Crippen LogP contribution in [0.1, 0.15) is 86.3 Å². The molecule has 2 N–H and O–H groups in total. The fraction of sp³-hybridized carbons (Fsp3) is 0.366. The summed E-state index contributed by atoms with van der Waals surface area (Å²) in [5, 5.41) is 34.7. The molecule has 257 valence electrons. The van der Waals surface area contributed by atoms with Gasteiger partial charge in [-0.05, 0) is 65.1 Å². The molecule has 0 saturated carbocycles. The van der Waals surface area contributed by atoms with Gasteiger partial charge in [-0.25, -0.2) is 10.2 Å². The number of nitrogens with one attached hydrogen (secondary N) is 1. The van der Waals surface area contributed by atoms with Gasteiger partial charge in [0.15, 0.2) is 5.75 Å². The molecule has 5 rings (SSSR count). The number of hydrogen-bond donors (Lipinski definition) is 2. The first-order chi connectivity index (χ1) is 22.8. The molecular formula is C41H58N5OY-. The fourth-order valence-electron chi connectivity index (χ4n) is 4.03. The van der Waals surface area contributed by atoms with Crippen molar-refractivity contribution in [2.75, 3.05) is 18.9 Å². The monoisotopic (exact) mass is 725 g/mol. The van der Waals surface area contributed by atoms with Crippen LogP contribution in [0.25, 0.3) is 21.5 Å². The van der Waals surface area contributed by atoms with E-state index in [4.69, 9.17) is 0 Å². The standard InChI is InChI=1S/C21H22N5O.C10H8.2C3H8.2C2H6.Y/c1-5-23-16-7-6-15-10-14(3)20(21(27)18(15)12-16)26-24-17-8-9-19(25-22-4)13(2)11-17;1-2-6-10-8-4-3-7-9(10)5-1;2*1-3-2;2*1-2;/h6-7,9-12,23,27H,5H2,1-4H3;1-8H;2*3H2,1-2H3;2*1-2H3;/q-1;;;;;;. The largest absolute Gasteiger partial charge is 0.505 e. The Balaban J connectivity index is 0. The van der Waals surface area contributed by atoms with Gasteiger partial charge in [0.25, 0.3) is 0 Å². The van der Waals surface area contributed by atoms with Gasteiger partial charge in [0.05, 0.1) is 0 Å². The summed E-state index contributed by atoms with van der Waals surface area (Å²) >= 11 is 0. The summed E-state index contributed by atoms with van der Waals surface area (Å²) < 4.78 is 0. The predicted molar refractivity (Wildman–Crippen MR) is 208 cm³/mol. The first-order valence-corrected chi connectivity index (χ1v) is 17.0. The molecule has 5 aromatic rings. The normalized spacial score (nSPS) is 9.67. The van der Waals surface area contributed by atoms with Gasteiger partial charge in [-0.15, -0.1) is 22.8 Å². The molecule has 0 atom stereocenters. The number of phenolic OH excluding ortho intramolecular Hbond substituents is 1. The van der Waals surface area contributed by atoms with Crippen LogP contribution in [0.3, 0.4) is 0 Å². The van der Waals surface area contributed by atoms with E-state index in [1.165, 1.54) is 23.6 Å². The molecule has 0 amide bonds. The Labute approximate surface area is 316 Å². The Kier molecular flexibility index (Phi) is 27.7. The molecule has 1 radical (unpaired) electrons. The summed E-state index contributed by atoms with van der Waals surface area (Å²) in [6, 6.07) is 31.2. The third-order valence-corrected chi connectivity index (χ3v) is 5.90. The zero-order chi connectivity index (χ0) is 35.6. The van der Waals surface area contributed by atoms with Crippen LogP contribution in [-0.2, 0) is 32.7 Å². The van der Waals surface area contributed by atoms with E-state index >= 15 is 0 Å². The molecule has 0 heterocycles. The molecule has 48 heavy (non-hydrogen) atoms. The number of anilines is 1. The molecule has 0 aliphatic rings. The van der Waals surface area contributed by atoms with Crippen molar-refractivity contribution in [1.29, 1.82) is 0 Å². The summed E-state index contributed by atoms with van der Waals surface area (Å²) in [5.74, 6) is 0.127. The smallest absolute Gasteiger partial charge is 0.151 e. The predicted octanol–water partition coefficient (Wildman–Crippen LogP) is 14.2. The summed E-state index contributed by atoms with van der Waals surface area (Å²) in [4.78, 5) is 0. The van der Waals surface area contributed by atoms with Crippen LogP contribution >= 0.6 is 0 Å². The second-order valence-electron chi connectivity index (χ2n) is 10.0. The third kappa shape index (κ3) is 16.1. The van der Waals surface area contributed by atoms with Gasteiger partial charge in [0.1, 0.15) is 5.69 Å². The van der Waals surface area contributed by atoms with Gasteiger partial charge in [0, 0.05) is 57.4 Å². The Morgan fingerprint density at radius 1 is 0.667 bits per heavy atom. The quantitative estimate of drug-likeness (QED) is 0.140. The SMILES string of the molecule is CC.CC.CCC.CCC.CCNc1ccc2cc(C)c(N=Nc3[c-]cc(N=NC)c(C)c3)c(O)c2c1.[Y].c1ccc2ccccc2c1. The second kappa shape index (κ2) is 28.5. The van der Waals surface area contributed by atoms with Crippen LogP contribution in [0, 0.1) is 19.9 Å². The fourth-order valence-corrected chi connectivity index (χ4v) is 4.03. The van der Waals surface area contributed by atoms with Gasteiger partial charge in [0.2, 0.25) is 0 Å². The van der Waals surface area contributed by atoms with Gasteiger partial charge in [-0.1, -0.05) is 130 Å². The minimum atomic E-state index is 0. The van der Waals surface area contributed by atoms with Crippen molar-refractivity contribution < 1.29 is 37.8 Å². The van der Waals surface area contributed by atoms with Crippen molar-refractivity contribution in [3.8, 4) is 5.75 Å². The van der Waals surface area contributed by atoms with Crippen LogP contribution in [0.15, 0.2) is 105 Å². The Morgan fingerprint density at radius 3 is 1.65 bits per heavy atom. The average molecular weight is 726 g/mol. The van der Waals surface area contributed by atoms with E-state index in [0.717, 1.165) is 39.8 Å². The summed E-state index contributed by atoms with van der Waals surface area (Å²) in [6.45, 7) is 23.2. The van der Waals surface area contributed by atoms with Crippen LogP contribution in [-0.4, -0.2) is 18.7 Å². The third-order valence-electron chi connectivity index (χ3n) is 5.90. The first-order valence-electron chi connectivity index (χ1n) is 17.0. The van der Waals surface area contributed by atoms with E-state index < -0.39 is 0 Å². The number of aromatic hydroxyl groups is 1. The maximum atomic E-state index is 10.8. The maximum absolute atomic E-state index is 10.8. The van der Waals surface area contributed by atoms with Crippen molar-refractivity contribution in [1.82, 2.24) is 0 Å². The molecule has 7 heteroatoms. The summed E-state index contributed by atoms with van der Waals surface area (Å²) in [6.07, 6.45) is 2.50. The van der Waals surface area contributed by atoms with E-state index in [9.17, 15) is 5.11 Å². The number of azo groups is 2. The van der Waals surface area contributed by atoms with Crippen molar-refractivity contribution >= 4 is 44.3 Å². The van der Waals surface area contributed by atoms with Gasteiger partial charge >= 0.3 is 0 Å². The molecule has 5 aromatic carbocycles. The van der Waals surface area contributed by atoms with Gasteiger partial charge < -0.3 is 10.4 Å². The zero-order valence-electron chi connectivity index (χ0n) is 31.5. The maximum Gasteiger partial charge on any atom is 0.151 e. The van der Waals surface area contributed by atoms with Crippen LogP contribution in [0.4, 0.5) is 22.7 Å². The van der Waals surface area contributed by atoms with Crippen LogP contribution in [0.2, 0.25) is 0 Å². The Morgan fingerprint density at radius 2 is 1.19 bits per heavy atom. The number of fused-ring (bicyclic) bond motifs is 2. The van der Waals surface area contributed by atoms with E-state index in [-0.39, 0.29) is 38.5 Å². The zero-order valence-corrected chi connectivity index (χ0v) is 34.4. The number of rotatable bonds is 5. The molecule has 0 aromatic heterocycles. The number of hydrogen-bond acceptors (Lipinski definition) is 6. The molecule has 0 saturated heterocycles. The molecule has 0 aliphatic heterocycles. The van der Waals surface area contributed by atoms with Crippen LogP contribution in [0.5, 0.6) is 5.75 Å². The van der Waals surface area contributed by atoms with Crippen LogP contribution < -0.4 is 5.32 Å². The number of benzene rings is 5. The molecule has 0 aliphatic carbocycles. The van der Waals surface area contributed by atoms with Crippen molar-refractivity contribution in [2.24, 2.45) is 20.5 Å². The molecule has 0 bridgehead atoms. The number of nitrogens with zero attached hydrogens (tertiary/aromatic N) is 4. The van der Waals surface area contributed by atoms with Gasteiger partial charge in [-0.2, -0.15) is 11.2 Å². The molecule has 6 nitrogen and oxygen atoms in total.